The fourth-order valence-corrected chi connectivity index (χ4v) is 2.47. The van der Waals surface area contributed by atoms with Crippen LogP contribution in [0.2, 0.25) is 0 Å². The Morgan fingerprint density at radius 2 is 1.78 bits per heavy atom. The Morgan fingerprint density at radius 1 is 1.13 bits per heavy atom. The van der Waals surface area contributed by atoms with Gasteiger partial charge in [-0.3, -0.25) is 9.59 Å². The van der Waals surface area contributed by atoms with Crippen LogP contribution in [-0.4, -0.2) is 37.6 Å². The van der Waals surface area contributed by atoms with E-state index < -0.39 is 5.97 Å². The van der Waals surface area contributed by atoms with Crippen molar-refractivity contribution < 1.29 is 23.9 Å². The normalized spacial score (nSPS) is 17.5. The number of anilines is 1. The molecule has 0 unspecified atom stereocenters. The van der Waals surface area contributed by atoms with Crippen LogP contribution in [0.3, 0.4) is 0 Å². The van der Waals surface area contributed by atoms with Crippen molar-refractivity contribution in [3.05, 3.63) is 42.0 Å². The minimum absolute atomic E-state index is 0.379. The Morgan fingerprint density at radius 3 is 2.35 bits per heavy atom. The van der Waals surface area contributed by atoms with Crippen LogP contribution in [0.1, 0.15) is 23.2 Å². The van der Waals surface area contributed by atoms with Gasteiger partial charge in [0.2, 0.25) is 0 Å². The Bertz CT molecular complexity index is 627. The molecular weight excluding hydrogens is 298 g/mol. The van der Waals surface area contributed by atoms with Gasteiger partial charge in [0, 0.05) is 18.1 Å². The number of rotatable bonds is 6. The first kappa shape index (κ1) is 15.4. The third-order valence-electron chi connectivity index (χ3n) is 3.87. The summed E-state index contributed by atoms with van der Waals surface area (Å²) in [5, 5.41) is 0. The molecule has 2 aliphatic heterocycles. The molecule has 0 saturated carbocycles. The maximum absolute atomic E-state index is 11.9. The summed E-state index contributed by atoms with van der Waals surface area (Å²) in [6.07, 6.45) is 4.26. The number of hydrogen-bond acceptors (Lipinski definition) is 5. The lowest BCUT2D eigenvalue weighted by molar-refractivity contribution is -0.119. The third kappa shape index (κ3) is 3.48. The molecule has 0 N–H and O–H groups in total. The van der Waals surface area contributed by atoms with Gasteiger partial charge in [-0.2, -0.15) is 0 Å². The van der Waals surface area contributed by atoms with E-state index >= 15 is 0 Å². The largest absolute Gasteiger partial charge is 0.462 e. The zero-order valence-corrected chi connectivity index (χ0v) is 12.6. The quantitative estimate of drug-likeness (QED) is 0.454. The minimum atomic E-state index is -0.404. The summed E-state index contributed by atoms with van der Waals surface area (Å²) in [7, 11) is 0. The summed E-state index contributed by atoms with van der Waals surface area (Å²) in [6.45, 7) is 1.99. The summed E-state index contributed by atoms with van der Waals surface area (Å²) in [6, 6.07) is 6.23. The van der Waals surface area contributed by atoms with Crippen molar-refractivity contribution >= 4 is 23.5 Å². The molecule has 6 heteroatoms. The number of imide groups is 1. The lowest BCUT2D eigenvalue weighted by Crippen LogP contribution is -2.29. The maximum atomic E-state index is 11.9. The fourth-order valence-electron chi connectivity index (χ4n) is 2.47. The molecule has 0 radical (unpaired) electrons. The van der Waals surface area contributed by atoms with Gasteiger partial charge in [0.1, 0.15) is 0 Å². The predicted octanol–water partition coefficient (Wildman–Crippen LogP) is 1.70. The molecule has 0 aromatic heterocycles. The van der Waals surface area contributed by atoms with Gasteiger partial charge in [-0.15, -0.1) is 0 Å². The standard InChI is InChI=1S/C17H17NO5/c19-15-7-8-16(20)18(15)14-5-3-13(4-6-14)17(21)23-9-1-2-12-10-22-11-12/h3-8,12H,1-2,9-11H2. The number of benzene rings is 1. The Kier molecular flexibility index (Phi) is 4.52. The molecule has 3 rings (SSSR count). The number of hydrogen-bond donors (Lipinski definition) is 0. The minimum Gasteiger partial charge on any atom is -0.462 e. The van der Waals surface area contributed by atoms with Crippen LogP contribution in [0.15, 0.2) is 36.4 Å². The zero-order chi connectivity index (χ0) is 16.2. The molecular formula is C17H17NO5. The highest BCUT2D eigenvalue weighted by atomic mass is 16.5. The van der Waals surface area contributed by atoms with Gasteiger partial charge >= 0.3 is 5.97 Å². The van der Waals surface area contributed by atoms with Gasteiger partial charge in [0.05, 0.1) is 31.1 Å². The van der Waals surface area contributed by atoms with Gasteiger partial charge in [-0.1, -0.05) is 0 Å². The number of esters is 1. The first-order chi connectivity index (χ1) is 11.1. The van der Waals surface area contributed by atoms with Crippen LogP contribution in [0.25, 0.3) is 0 Å². The lowest BCUT2D eigenvalue weighted by atomic mass is 10.0. The van der Waals surface area contributed by atoms with Crippen molar-refractivity contribution in [2.75, 3.05) is 24.7 Å². The summed E-state index contributed by atoms with van der Waals surface area (Å²) in [5.74, 6) is -0.577. The number of carbonyl (C=O) groups excluding carboxylic acids is 3. The smallest absolute Gasteiger partial charge is 0.338 e. The molecule has 0 spiro atoms. The number of nitrogens with zero attached hydrogens (tertiary/aromatic N) is 1. The van der Waals surface area contributed by atoms with Crippen LogP contribution in [-0.2, 0) is 19.1 Å². The van der Waals surface area contributed by atoms with Crippen molar-refractivity contribution in [2.45, 2.75) is 12.8 Å². The molecule has 0 atom stereocenters. The van der Waals surface area contributed by atoms with Crippen LogP contribution in [0.5, 0.6) is 0 Å². The molecule has 1 fully saturated rings. The number of carbonyl (C=O) groups is 3. The highest BCUT2D eigenvalue weighted by molar-refractivity contribution is 6.28. The monoisotopic (exact) mass is 315 g/mol. The second-order valence-corrected chi connectivity index (χ2v) is 5.57. The van der Waals surface area contributed by atoms with Gasteiger partial charge in [0.25, 0.3) is 11.8 Å². The van der Waals surface area contributed by atoms with E-state index in [0.29, 0.717) is 23.8 Å². The highest BCUT2D eigenvalue weighted by Crippen LogP contribution is 2.20. The van der Waals surface area contributed by atoms with E-state index in [1.807, 2.05) is 0 Å². The second kappa shape index (κ2) is 6.75. The molecule has 2 heterocycles. The average Bonchev–Trinajstić information content (AvgIpc) is 2.84. The molecule has 1 aromatic rings. The van der Waals surface area contributed by atoms with Crippen molar-refractivity contribution in [1.82, 2.24) is 0 Å². The lowest BCUT2D eigenvalue weighted by Gasteiger charge is -2.25. The zero-order valence-electron chi connectivity index (χ0n) is 12.6. The SMILES string of the molecule is O=C(OCCCC1COC1)c1ccc(N2C(=O)C=CC2=O)cc1. The second-order valence-electron chi connectivity index (χ2n) is 5.57. The molecule has 2 aliphatic rings. The number of ether oxygens (including phenoxy) is 2. The van der Waals surface area contributed by atoms with Crippen molar-refractivity contribution in [3.63, 3.8) is 0 Å². The molecule has 2 amide bonds. The molecule has 23 heavy (non-hydrogen) atoms. The highest BCUT2D eigenvalue weighted by Gasteiger charge is 2.25. The van der Waals surface area contributed by atoms with Crippen LogP contribution in [0, 0.1) is 5.92 Å². The van der Waals surface area contributed by atoms with Crippen molar-refractivity contribution in [1.29, 1.82) is 0 Å². The number of amides is 2. The van der Waals surface area contributed by atoms with Gasteiger partial charge in [-0.25, -0.2) is 9.69 Å². The van der Waals surface area contributed by atoms with E-state index in [2.05, 4.69) is 0 Å². The topological polar surface area (TPSA) is 72.9 Å². The fraction of sp³-hybridized carbons (Fsp3) is 0.353. The van der Waals surface area contributed by atoms with E-state index in [1.165, 1.54) is 12.2 Å². The summed E-state index contributed by atoms with van der Waals surface area (Å²) in [5.41, 5.74) is 0.833. The summed E-state index contributed by atoms with van der Waals surface area (Å²) < 4.78 is 10.3. The van der Waals surface area contributed by atoms with E-state index in [9.17, 15) is 14.4 Å². The molecule has 1 saturated heterocycles. The van der Waals surface area contributed by atoms with E-state index in [1.54, 1.807) is 24.3 Å². The van der Waals surface area contributed by atoms with Gasteiger partial charge in [0.15, 0.2) is 0 Å². The molecule has 120 valence electrons. The summed E-state index contributed by atoms with van der Waals surface area (Å²) >= 11 is 0. The van der Waals surface area contributed by atoms with E-state index in [0.717, 1.165) is 31.0 Å². The maximum Gasteiger partial charge on any atom is 0.338 e. The van der Waals surface area contributed by atoms with Crippen LogP contribution < -0.4 is 4.90 Å². The van der Waals surface area contributed by atoms with E-state index in [4.69, 9.17) is 9.47 Å². The molecule has 1 aromatic carbocycles. The summed E-state index contributed by atoms with van der Waals surface area (Å²) in [4.78, 5) is 36.1. The van der Waals surface area contributed by atoms with Gasteiger partial charge < -0.3 is 9.47 Å². The van der Waals surface area contributed by atoms with Gasteiger partial charge in [-0.05, 0) is 37.1 Å². The third-order valence-corrected chi connectivity index (χ3v) is 3.87. The predicted molar refractivity (Wildman–Crippen MR) is 81.9 cm³/mol. The first-order valence-electron chi connectivity index (χ1n) is 7.56. The van der Waals surface area contributed by atoms with Crippen molar-refractivity contribution in [3.8, 4) is 0 Å². The van der Waals surface area contributed by atoms with Crippen LogP contribution >= 0.6 is 0 Å². The Hall–Kier alpha value is -2.47. The molecule has 0 aliphatic carbocycles. The first-order valence-corrected chi connectivity index (χ1v) is 7.56. The van der Waals surface area contributed by atoms with E-state index in [-0.39, 0.29) is 11.8 Å². The molecule has 6 nitrogen and oxygen atoms in total. The molecule has 0 bridgehead atoms. The Labute approximate surface area is 133 Å². The van der Waals surface area contributed by atoms with Crippen LogP contribution in [0.4, 0.5) is 5.69 Å². The average molecular weight is 315 g/mol. The Balaban J connectivity index is 1.51. The van der Waals surface area contributed by atoms with Crippen molar-refractivity contribution in [2.24, 2.45) is 5.92 Å².